The first-order valence-corrected chi connectivity index (χ1v) is 18.7. The second-order valence-electron chi connectivity index (χ2n) is 15.8. The van der Waals surface area contributed by atoms with Crippen molar-refractivity contribution < 1.29 is 19.1 Å². The van der Waals surface area contributed by atoms with Gasteiger partial charge in [0.05, 0.1) is 12.2 Å². The van der Waals surface area contributed by atoms with Gasteiger partial charge in [0, 0.05) is 39.1 Å². The first-order valence-electron chi connectivity index (χ1n) is 18.7. The molecule has 6 aliphatic rings. The summed E-state index contributed by atoms with van der Waals surface area (Å²) in [5, 5.41) is 0. The van der Waals surface area contributed by atoms with E-state index >= 15 is 0 Å². The highest BCUT2D eigenvalue weighted by molar-refractivity contribution is 6.09. The molecule has 8 rings (SSSR count). The number of hydrogen-bond acceptors (Lipinski definition) is 7. The minimum atomic E-state index is -0.842. The van der Waals surface area contributed by atoms with Gasteiger partial charge in [0.1, 0.15) is 5.84 Å². The first kappa shape index (κ1) is 39.6. The molecular weight excluding hydrogens is 651 g/mol. The van der Waals surface area contributed by atoms with Gasteiger partial charge in [0.2, 0.25) is 0 Å². The van der Waals surface area contributed by atoms with Crippen molar-refractivity contribution in [3.8, 4) is 0 Å². The molecular formula is C43H63N5O4. The third-order valence-corrected chi connectivity index (χ3v) is 13.7. The van der Waals surface area contributed by atoms with Crippen molar-refractivity contribution >= 4 is 23.6 Å². The van der Waals surface area contributed by atoms with Crippen LogP contribution in [0.25, 0.3) is 0 Å². The van der Waals surface area contributed by atoms with Gasteiger partial charge >= 0.3 is 0 Å². The predicted molar refractivity (Wildman–Crippen MR) is 210 cm³/mol. The fraction of sp³-hybridized carbons (Fsp3) is 0.628. The Morgan fingerprint density at radius 3 is 1.44 bits per heavy atom. The lowest BCUT2D eigenvalue weighted by Gasteiger charge is -2.45. The summed E-state index contributed by atoms with van der Waals surface area (Å²) >= 11 is 0. The SMILES string of the molecule is C.C.CCc1ccc2c(c1)C1(N=C(C)N(C)C1=O)C1(CCC(OC)CC1)C2.CCc1ccc2c(c1)C1(N=C(N)N(C)C1=O)C1(CCC(OC)CC1)C2. The standard InChI is InChI=1S/C21H28N2O2.C20H27N3O2.2CH4/c1-5-15-6-7-16-13-20(10-8-17(25-4)9-11-20)21(18(16)12-15)19(24)23(3)14(2)22-21;1-4-13-5-6-14-12-19(9-7-15(25-3)8-10-19)20(16(14)11-13)17(24)23(2)18(21)22-20;;/h6-7,12,17H,5,8-11,13H2,1-4H3;5-6,11,15H,4,7-10,12H2,1-3H3,(H2,21,22);2*1H4. The number of likely N-dealkylation sites (N-methyl/N-ethyl adjacent to an activating group) is 2. The lowest BCUT2D eigenvalue weighted by molar-refractivity contribution is -0.138. The molecule has 284 valence electrons. The first-order chi connectivity index (χ1) is 23.9. The van der Waals surface area contributed by atoms with Gasteiger partial charge in [0.15, 0.2) is 17.0 Å². The molecule has 4 spiro atoms. The molecule has 4 aliphatic carbocycles. The van der Waals surface area contributed by atoms with E-state index in [-0.39, 0.29) is 43.6 Å². The second kappa shape index (κ2) is 14.3. The van der Waals surface area contributed by atoms with Crippen molar-refractivity contribution in [3.63, 3.8) is 0 Å². The fourth-order valence-corrected chi connectivity index (χ4v) is 10.5. The van der Waals surface area contributed by atoms with E-state index in [9.17, 15) is 9.59 Å². The molecule has 2 fully saturated rings. The van der Waals surface area contributed by atoms with Crippen LogP contribution in [0.5, 0.6) is 0 Å². The molecule has 2 atom stereocenters. The van der Waals surface area contributed by atoms with Gasteiger partial charge in [-0.15, -0.1) is 0 Å². The molecule has 0 bridgehead atoms. The molecule has 0 aromatic heterocycles. The monoisotopic (exact) mass is 713 g/mol. The Balaban J connectivity index is 0.000000194. The van der Waals surface area contributed by atoms with Crippen LogP contribution in [0.2, 0.25) is 0 Å². The van der Waals surface area contributed by atoms with Crippen molar-refractivity contribution in [2.45, 2.75) is 136 Å². The summed E-state index contributed by atoms with van der Waals surface area (Å²) in [5.41, 5.74) is 11.6. The van der Waals surface area contributed by atoms with Gasteiger partial charge < -0.3 is 20.1 Å². The maximum atomic E-state index is 13.5. The fourth-order valence-electron chi connectivity index (χ4n) is 10.5. The molecule has 52 heavy (non-hydrogen) atoms. The van der Waals surface area contributed by atoms with Gasteiger partial charge in [0.25, 0.3) is 11.8 Å². The van der Waals surface area contributed by atoms with Crippen LogP contribution in [-0.2, 0) is 55.8 Å². The Kier molecular flexibility index (Phi) is 10.9. The summed E-state index contributed by atoms with van der Waals surface area (Å²) < 4.78 is 11.2. The predicted octanol–water partition coefficient (Wildman–Crippen LogP) is 7.10. The summed E-state index contributed by atoms with van der Waals surface area (Å²) in [4.78, 5) is 40.2. The topological polar surface area (TPSA) is 110 Å². The third kappa shape index (κ3) is 5.47. The zero-order chi connectivity index (χ0) is 35.6. The Morgan fingerprint density at radius 2 is 1.12 bits per heavy atom. The number of nitrogens with zero attached hydrogens (tertiary/aromatic N) is 4. The van der Waals surface area contributed by atoms with E-state index < -0.39 is 11.1 Å². The van der Waals surface area contributed by atoms with Gasteiger partial charge in [-0.05, 0) is 117 Å². The van der Waals surface area contributed by atoms with Crippen LogP contribution in [0.1, 0.15) is 120 Å². The molecule has 2 amide bonds. The molecule has 2 N–H and O–H groups in total. The van der Waals surface area contributed by atoms with Crippen LogP contribution >= 0.6 is 0 Å². The Labute approximate surface area is 312 Å². The number of aryl methyl sites for hydroxylation is 2. The van der Waals surface area contributed by atoms with E-state index in [0.717, 1.165) is 94.0 Å². The smallest absolute Gasteiger partial charge is 0.262 e. The average Bonchev–Trinajstić information content (AvgIpc) is 3.74. The number of amidine groups is 1. The summed E-state index contributed by atoms with van der Waals surface area (Å²) in [7, 11) is 7.18. The summed E-state index contributed by atoms with van der Waals surface area (Å²) in [5.74, 6) is 1.38. The number of ether oxygens (including phenoxy) is 2. The third-order valence-electron chi connectivity index (χ3n) is 13.7. The number of hydrogen-bond donors (Lipinski definition) is 1. The highest BCUT2D eigenvalue weighted by atomic mass is 16.5. The molecule has 2 heterocycles. The summed E-state index contributed by atoms with van der Waals surface area (Å²) in [6, 6.07) is 13.3. The molecule has 2 aromatic carbocycles. The Morgan fingerprint density at radius 1 is 0.712 bits per heavy atom. The highest BCUT2D eigenvalue weighted by Crippen LogP contribution is 2.63. The van der Waals surface area contributed by atoms with Crippen molar-refractivity contribution in [2.24, 2.45) is 26.5 Å². The molecule has 0 radical (unpaired) electrons. The van der Waals surface area contributed by atoms with Gasteiger partial charge in [-0.3, -0.25) is 19.5 Å². The van der Waals surface area contributed by atoms with Crippen LogP contribution in [0.3, 0.4) is 0 Å². The number of amides is 2. The van der Waals surface area contributed by atoms with E-state index in [4.69, 9.17) is 25.2 Å². The molecule has 2 unspecified atom stereocenters. The minimum Gasteiger partial charge on any atom is -0.381 e. The highest BCUT2D eigenvalue weighted by Gasteiger charge is 2.67. The van der Waals surface area contributed by atoms with E-state index in [0.29, 0.717) is 12.1 Å². The second-order valence-corrected chi connectivity index (χ2v) is 15.8. The number of benzene rings is 2. The van der Waals surface area contributed by atoms with Gasteiger partial charge in [-0.2, -0.15) is 0 Å². The number of methoxy groups -OCH3 is 2. The van der Waals surface area contributed by atoms with Gasteiger partial charge in [-0.1, -0.05) is 65.1 Å². The number of fused-ring (bicyclic) bond motifs is 6. The Hall–Kier alpha value is -3.56. The number of nitrogens with two attached hydrogens (primary N) is 1. The van der Waals surface area contributed by atoms with Gasteiger partial charge in [-0.25, -0.2) is 4.99 Å². The van der Waals surface area contributed by atoms with Crippen LogP contribution in [0.15, 0.2) is 46.4 Å². The summed E-state index contributed by atoms with van der Waals surface area (Å²) in [6.45, 7) is 6.27. The van der Waals surface area contributed by atoms with Crippen molar-refractivity contribution in [3.05, 3.63) is 69.8 Å². The van der Waals surface area contributed by atoms with E-state index in [1.807, 2.05) is 14.0 Å². The van der Waals surface area contributed by atoms with E-state index in [2.05, 4.69) is 50.2 Å². The molecule has 0 saturated heterocycles. The molecule has 2 aromatic rings. The minimum absolute atomic E-state index is 0. The Bertz CT molecular complexity index is 1620. The number of guanidine groups is 1. The van der Waals surface area contributed by atoms with Crippen LogP contribution < -0.4 is 5.73 Å². The van der Waals surface area contributed by atoms with Crippen LogP contribution in [0.4, 0.5) is 0 Å². The zero-order valence-corrected chi connectivity index (χ0v) is 31.1. The van der Waals surface area contributed by atoms with Crippen molar-refractivity contribution in [2.75, 3.05) is 28.3 Å². The molecule has 2 saturated carbocycles. The van der Waals surface area contributed by atoms with E-state index in [1.165, 1.54) is 27.2 Å². The molecule has 2 aliphatic heterocycles. The van der Waals surface area contributed by atoms with Crippen LogP contribution in [-0.4, -0.2) is 73.9 Å². The van der Waals surface area contributed by atoms with Crippen molar-refractivity contribution in [1.82, 2.24) is 9.80 Å². The number of rotatable bonds is 4. The maximum Gasteiger partial charge on any atom is 0.262 e. The quantitative estimate of drug-likeness (QED) is 0.364. The zero-order valence-electron chi connectivity index (χ0n) is 31.1. The number of carbonyl (C=O) groups excluding carboxylic acids is 2. The number of carbonyl (C=O) groups is 2. The molecule has 9 nitrogen and oxygen atoms in total. The molecule has 9 heteroatoms. The maximum absolute atomic E-state index is 13.5. The van der Waals surface area contributed by atoms with Crippen LogP contribution in [0, 0.1) is 10.8 Å². The normalized spacial score (nSPS) is 32.8. The van der Waals surface area contributed by atoms with Crippen molar-refractivity contribution in [1.29, 1.82) is 0 Å². The largest absolute Gasteiger partial charge is 0.381 e. The lowest BCUT2D eigenvalue weighted by atomic mass is 9.61. The van der Waals surface area contributed by atoms with E-state index in [1.54, 1.807) is 26.2 Å². The lowest BCUT2D eigenvalue weighted by Crippen LogP contribution is -2.51. The average molecular weight is 714 g/mol. The number of aliphatic imine (C=N–C) groups is 2. The summed E-state index contributed by atoms with van der Waals surface area (Å²) in [6.07, 6.45) is 12.2.